The minimum absolute atomic E-state index is 0.238. The SMILES string of the molecule is CN(C)c1ccc(C#C[Se]c2ccccc2)cc1. The molecule has 0 aliphatic heterocycles. The van der Waals surface area contributed by atoms with Crippen LogP contribution < -0.4 is 9.36 Å². The molecule has 0 bridgehead atoms. The van der Waals surface area contributed by atoms with Gasteiger partial charge in [0.05, 0.1) is 0 Å². The molecule has 2 aromatic carbocycles. The third kappa shape index (κ3) is 3.67. The molecule has 2 heteroatoms. The Balaban J connectivity index is 2.02. The molecule has 18 heavy (non-hydrogen) atoms. The monoisotopic (exact) mass is 301 g/mol. The van der Waals surface area contributed by atoms with E-state index in [9.17, 15) is 0 Å². The third-order valence-corrected chi connectivity index (χ3v) is 3.98. The van der Waals surface area contributed by atoms with Gasteiger partial charge in [0.2, 0.25) is 0 Å². The van der Waals surface area contributed by atoms with E-state index in [-0.39, 0.29) is 15.0 Å². The van der Waals surface area contributed by atoms with Crippen LogP contribution in [0, 0.1) is 10.7 Å². The summed E-state index contributed by atoms with van der Waals surface area (Å²) >= 11 is 0.238. The molecule has 0 saturated heterocycles. The van der Waals surface area contributed by atoms with E-state index < -0.39 is 0 Å². The molecule has 90 valence electrons. The molecule has 0 aliphatic rings. The summed E-state index contributed by atoms with van der Waals surface area (Å²) < 4.78 is 1.32. The molecule has 1 nitrogen and oxygen atoms in total. The predicted octanol–water partition coefficient (Wildman–Crippen LogP) is 2.09. The van der Waals surface area contributed by atoms with Crippen LogP contribution in [0.1, 0.15) is 5.56 Å². The van der Waals surface area contributed by atoms with Gasteiger partial charge >= 0.3 is 115 Å². The minimum atomic E-state index is 0.238. The van der Waals surface area contributed by atoms with Crippen LogP contribution >= 0.6 is 0 Å². The average Bonchev–Trinajstić information content (AvgIpc) is 2.40. The van der Waals surface area contributed by atoms with Crippen molar-refractivity contribution in [3.8, 4) is 10.7 Å². The van der Waals surface area contributed by atoms with Gasteiger partial charge < -0.3 is 0 Å². The van der Waals surface area contributed by atoms with Crippen molar-refractivity contribution in [3.63, 3.8) is 0 Å². The van der Waals surface area contributed by atoms with E-state index in [1.165, 1.54) is 10.1 Å². The molecular weight excluding hydrogens is 285 g/mol. The average molecular weight is 300 g/mol. The van der Waals surface area contributed by atoms with E-state index in [0.29, 0.717) is 0 Å². The van der Waals surface area contributed by atoms with Crippen LogP contribution in [-0.4, -0.2) is 29.1 Å². The van der Waals surface area contributed by atoms with Crippen LogP contribution in [0.15, 0.2) is 54.6 Å². The van der Waals surface area contributed by atoms with Crippen LogP contribution in [0.4, 0.5) is 5.69 Å². The first-order valence-corrected chi connectivity index (χ1v) is 7.47. The zero-order valence-electron chi connectivity index (χ0n) is 10.6. The van der Waals surface area contributed by atoms with Gasteiger partial charge in [-0.3, -0.25) is 0 Å². The summed E-state index contributed by atoms with van der Waals surface area (Å²) in [4.78, 5) is 5.35. The standard InChI is InChI=1S/C16H15NSe/c1-17(2)15-10-8-14(9-11-15)12-13-18-16-6-4-3-5-7-16/h3-11H,1-2H3. The Labute approximate surface area is 115 Å². The second kappa shape index (κ2) is 6.31. The van der Waals surface area contributed by atoms with Crippen molar-refractivity contribution < 1.29 is 0 Å². The topological polar surface area (TPSA) is 3.24 Å². The summed E-state index contributed by atoms with van der Waals surface area (Å²) in [7, 11) is 4.08. The first-order valence-electron chi connectivity index (χ1n) is 5.76. The number of hydrogen-bond acceptors (Lipinski definition) is 1. The van der Waals surface area contributed by atoms with E-state index in [4.69, 9.17) is 0 Å². The first-order chi connectivity index (χ1) is 8.75. The summed E-state index contributed by atoms with van der Waals surface area (Å²) in [5.41, 5.74) is 2.28. The first kappa shape index (κ1) is 12.8. The molecular formula is C16H15NSe. The Morgan fingerprint density at radius 2 is 1.56 bits per heavy atom. The molecule has 0 atom stereocenters. The third-order valence-electron chi connectivity index (χ3n) is 2.49. The summed E-state index contributed by atoms with van der Waals surface area (Å²) in [6.07, 6.45) is 0. The molecule has 0 heterocycles. The van der Waals surface area contributed by atoms with E-state index >= 15 is 0 Å². The van der Waals surface area contributed by atoms with Crippen LogP contribution in [0.5, 0.6) is 0 Å². The fraction of sp³-hybridized carbons (Fsp3) is 0.125. The fourth-order valence-electron chi connectivity index (χ4n) is 1.47. The quantitative estimate of drug-likeness (QED) is 0.606. The second-order valence-corrected chi connectivity index (χ2v) is 5.93. The number of anilines is 1. The van der Waals surface area contributed by atoms with Crippen molar-refractivity contribution in [2.24, 2.45) is 0 Å². The number of hydrogen-bond donors (Lipinski definition) is 0. The molecule has 2 rings (SSSR count). The van der Waals surface area contributed by atoms with Gasteiger partial charge in [-0.25, -0.2) is 0 Å². The zero-order valence-corrected chi connectivity index (χ0v) is 12.3. The van der Waals surface area contributed by atoms with Gasteiger partial charge in [-0.05, 0) is 0 Å². The number of rotatable bonds is 2. The molecule has 0 N–H and O–H groups in total. The van der Waals surface area contributed by atoms with E-state index in [2.05, 4.69) is 64.2 Å². The van der Waals surface area contributed by atoms with Gasteiger partial charge in [0, 0.05) is 0 Å². The van der Waals surface area contributed by atoms with E-state index in [0.717, 1.165) is 5.56 Å². The van der Waals surface area contributed by atoms with Gasteiger partial charge in [-0.2, -0.15) is 0 Å². The van der Waals surface area contributed by atoms with Gasteiger partial charge in [0.25, 0.3) is 0 Å². The second-order valence-electron chi connectivity index (χ2n) is 4.08. The van der Waals surface area contributed by atoms with Crippen molar-refractivity contribution >= 4 is 25.1 Å². The maximum atomic E-state index is 3.27. The summed E-state index contributed by atoms with van der Waals surface area (Å²) in [6, 6.07) is 18.8. The van der Waals surface area contributed by atoms with Crippen molar-refractivity contribution in [1.29, 1.82) is 0 Å². The molecule has 0 amide bonds. The Bertz CT molecular complexity index is 547. The summed E-state index contributed by atoms with van der Waals surface area (Å²) in [5.74, 6) is 3.22. The normalized spacial score (nSPS) is 9.44. The van der Waals surface area contributed by atoms with Crippen molar-refractivity contribution in [1.82, 2.24) is 0 Å². The summed E-state index contributed by atoms with van der Waals surface area (Å²) in [6.45, 7) is 0. The Morgan fingerprint density at radius 3 is 2.17 bits per heavy atom. The van der Waals surface area contributed by atoms with Crippen molar-refractivity contribution in [3.05, 3.63) is 60.2 Å². The Kier molecular flexibility index (Phi) is 4.47. The predicted molar refractivity (Wildman–Crippen MR) is 79.5 cm³/mol. The molecule has 0 unspecified atom stereocenters. The molecule has 0 aliphatic carbocycles. The van der Waals surface area contributed by atoms with Gasteiger partial charge in [0.15, 0.2) is 0 Å². The van der Waals surface area contributed by atoms with Crippen LogP contribution in [0.3, 0.4) is 0 Å². The molecule has 0 radical (unpaired) electrons. The van der Waals surface area contributed by atoms with Crippen molar-refractivity contribution in [2.45, 2.75) is 0 Å². The summed E-state index contributed by atoms with van der Waals surface area (Å²) in [5, 5.41) is 0. The van der Waals surface area contributed by atoms with Gasteiger partial charge in [0.1, 0.15) is 0 Å². The van der Waals surface area contributed by atoms with Crippen LogP contribution in [0.25, 0.3) is 0 Å². The van der Waals surface area contributed by atoms with Gasteiger partial charge in [-0.15, -0.1) is 0 Å². The zero-order chi connectivity index (χ0) is 12.8. The molecule has 0 saturated carbocycles. The van der Waals surface area contributed by atoms with E-state index in [1.54, 1.807) is 0 Å². The maximum absolute atomic E-state index is 3.27. The fourth-order valence-corrected chi connectivity index (χ4v) is 2.69. The van der Waals surface area contributed by atoms with Crippen LogP contribution in [-0.2, 0) is 0 Å². The van der Waals surface area contributed by atoms with E-state index in [1.807, 2.05) is 20.2 Å². The molecule has 2 aromatic rings. The number of benzene rings is 2. The Morgan fingerprint density at radius 1 is 0.889 bits per heavy atom. The van der Waals surface area contributed by atoms with Gasteiger partial charge in [-0.1, -0.05) is 0 Å². The van der Waals surface area contributed by atoms with Crippen molar-refractivity contribution in [2.75, 3.05) is 19.0 Å². The molecule has 0 spiro atoms. The molecule has 0 aromatic heterocycles. The number of nitrogens with zero attached hydrogens (tertiary/aromatic N) is 1. The Hall–Kier alpha value is -1.68. The molecule has 0 fully saturated rings. The van der Waals surface area contributed by atoms with Crippen LogP contribution in [0.2, 0.25) is 0 Å².